The van der Waals surface area contributed by atoms with E-state index in [9.17, 15) is 9.59 Å². The largest absolute Gasteiger partial charge is 0.322 e. The molecule has 1 fully saturated rings. The van der Waals surface area contributed by atoms with E-state index in [1.54, 1.807) is 19.2 Å². The zero-order valence-electron chi connectivity index (χ0n) is 23.4. The number of benzene rings is 2. The summed E-state index contributed by atoms with van der Waals surface area (Å²) in [4.78, 5) is 28.1. The van der Waals surface area contributed by atoms with Crippen LogP contribution in [0, 0.1) is 30.7 Å². The number of amides is 3. The van der Waals surface area contributed by atoms with Crippen LogP contribution in [0.2, 0.25) is 0 Å². The lowest BCUT2D eigenvalue weighted by atomic mass is 9.71. The highest BCUT2D eigenvalue weighted by Crippen LogP contribution is 2.39. The zero-order chi connectivity index (χ0) is 27.9. The van der Waals surface area contributed by atoms with Gasteiger partial charge in [-0.15, -0.1) is 10.2 Å². The number of rotatable bonds is 6. The summed E-state index contributed by atoms with van der Waals surface area (Å²) in [6.45, 7) is 11.4. The normalized spacial score (nSPS) is 17.9. The molecule has 0 aromatic heterocycles. The van der Waals surface area contributed by atoms with Gasteiger partial charge in [0.1, 0.15) is 0 Å². The first-order valence-corrected chi connectivity index (χ1v) is 13.2. The van der Waals surface area contributed by atoms with E-state index in [0.29, 0.717) is 18.0 Å². The second-order valence-corrected chi connectivity index (χ2v) is 11.2. The van der Waals surface area contributed by atoms with Crippen molar-refractivity contribution in [3.8, 4) is 0 Å². The van der Waals surface area contributed by atoms with Crippen molar-refractivity contribution in [3.05, 3.63) is 64.7 Å². The molecule has 1 saturated carbocycles. The summed E-state index contributed by atoms with van der Waals surface area (Å²) < 4.78 is 0. The highest BCUT2D eigenvalue weighted by atomic mass is 16.2. The zero-order valence-corrected chi connectivity index (χ0v) is 23.4. The fourth-order valence-corrected chi connectivity index (χ4v) is 5.18. The molecular weight excluding hydrogens is 478 g/mol. The number of guanidine groups is 1. The van der Waals surface area contributed by atoms with Gasteiger partial charge in [0.2, 0.25) is 0 Å². The summed E-state index contributed by atoms with van der Waals surface area (Å²) in [6.07, 6.45) is 4.12. The van der Waals surface area contributed by atoms with Crippen molar-refractivity contribution < 1.29 is 9.59 Å². The standard InChI is InChI=1S/C29H41N7O2/c1-19-15-20(2)17-24(16-19)32-28(38)36(25-13-11-23(12-14-25)29(3,4)5)18-21-7-9-22(10-8-21)26(37)33-27(34-30)35-31-6/h7-10,15-17,23,25,30-31H,11-14,18H2,1-6H3,(H,32,38)(H,33,35,37). The number of nitrogens with zero attached hydrogens (tertiary/aromatic N) is 3. The monoisotopic (exact) mass is 519 g/mol. The van der Waals surface area contributed by atoms with Gasteiger partial charge in [0.15, 0.2) is 0 Å². The van der Waals surface area contributed by atoms with Gasteiger partial charge in [-0.05, 0) is 91.8 Å². The first kappa shape index (κ1) is 28.8. The molecule has 1 aliphatic rings. The van der Waals surface area contributed by atoms with Crippen molar-refractivity contribution in [1.82, 2.24) is 15.6 Å². The Balaban J connectivity index is 1.78. The predicted molar refractivity (Wildman–Crippen MR) is 151 cm³/mol. The molecule has 0 bridgehead atoms. The summed E-state index contributed by atoms with van der Waals surface area (Å²) in [6, 6.07) is 13.2. The minimum Gasteiger partial charge on any atom is -0.317 e. The summed E-state index contributed by atoms with van der Waals surface area (Å²) in [5, 5.41) is 12.5. The van der Waals surface area contributed by atoms with Gasteiger partial charge in [0, 0.05) is 30.9 Å². The SMILES string of the molecule is CN/N=C(\N=N)NC(=O)c1ccc(CN(C(=O)Nc2cc(C)cc(C)c2)C2CCC(C(C)(C)C)CC2)cc1. The summed E-state index contributed by atoms with van der Waals surface area (Å²) in [5.74, 6) is 0.112. The van der Waals surface area contributed by atoms with Gasteiger partial charge in [-0.25, -0.2) is 10.3 Å². The molecule has 3 amide bonds. The predicted octanol–water partition coefficient (Wildman–Crippen LogP) is 6.19. The maximum absolute atomic E-state index is 13.6. The Morgan fingerprint density at radius 1 is 1.00 bits per heavy atom. The molecule has 38 heavy (non-hydrogen) atoms. The van der Waals surface area contributed by atoms with Gasteiger partial charge in [0.05, 0.1) is 0 Å². The first-order valence-electron chi connectivity index (χ1n) is 13.2. The summed E-state index contributed by atoms with van der Waals surface area (Å²) in [7, 11) is 1.56. The molecule has 3 rings (SSSR count). The molecule has 4 N–H and O–H groups in total. The lowest BCUT2D eigenvalue weighted by Gasteiger charge is -2.41. The van der Waals surface area contributed by atoms with Gasteiger partial charge < -0.3 is 15.6 Å². The second-order valence-electron chi connectivity index (χ2n) is 11.2. The molecule has 9 nitrogen and oxygen atoms in total. The van der Waals surface area contributed by atoms with Crippen LogP contribution in [0.3, 0.4) is 0 Å². The number of carbonyl (C=O) groups excluding carboxylic acids is 2. The Labute approximate surface area is 226 Å². The van der Waals surface area contributed by atoms with Crippen molar-refractivity contribution in [1.29, 1.82) is 5.53 Å². The number of nitrogens with one attached hydrogen (secondary N) is 4. The average Bonchev–Trinajstić information content (AvgIpc) is 2.86. The summed E-state index contributed by atoms with van der Waals surface area (Å²) in [5.41, 5.74) is 14.2. The van der Waals surface area contributed by atoms with Gasteiger partial charge in [0.25, 0.3) is 11.9 Å². The minimum absolute atomic E-state index is 0.110. The third-order valence-corrected chi connectivity index (χ3v) is 7.21. The van der Waals surface area contributed by atoms with Gasteiger partial charge >= 0.3 is 6.03 Å². The van der Waals surface area contributed by atoms with Gasteiger partial charge in [-0.1, -0.05) is 39.0 Å². The fraction of sp³-hybridized carbons (Fsp3) is 0.483. The van der Waals surface area contributed by atoms with Crippen LogP contribution in [-0.2, 0) is 6.54 Å². The van der Waals surface area contributed by atoms with Crippen LogP contribution in [0.5, 0.6) is 0 Å². The molecule has 0 spiro atoms. The molecule has 0 aliphatic heterocycles. The van der Waals surface area contributed by atoms with Gasteiger partial charge in [-0.2, -0.15) is 0 Å². The van der Waals surface area contributed by atoms with Crippen molar-refractivity contribution in [2.75, 3.05) is 12.4 Å². The number of hydrogen-bond donors (Lipinski definition) is 4. The molecule has 2 aromatic rings. The lowest BCUT2D eigenvalue weighted by Crippen LogP contribution is -2.45. The molecular formula is C29H41N7O2. The molecule has 0 atom stereocenters. The van der Waals surface area contributed by atoms with E-state index in [0.717, 1.165) is 48.1 Å². The fourth-order valence-electron chi connectivity index (χ4n) is 5.18. The number of hydrazone groups is 1. The Morgan fingerprint density at radius 3 is 2.13 bits per heavy atom. The van der Waals surface area contributed by atoms with Crippen molar-refractivity contribution in [2.24, 2.45) is 21.5 Å². The molecule has 0 saturated heterocycles. The van der Waals surface area contributed by atoms with Crippen LogP contribution in [0.25, 0.3) is 0 Å². The van der Waals surface area contributed by atoms with Crippen LogP contribution in [0.15, 0.2) is 52.7 Å². The minimum atomic E-state index is -0.411. The van der Waals surface area contributed by atoms with E-state index in [2.05, 4.69) is 53.1 Å². The highest BCUT2D eigenvalue weighted by molar-refractivity contribution is 6.05. The number of hydrogen-bond acceptors (Lipinski definition) is 5. The second kappa shape index (κ2) is 12.7. The van der Waals surface area contributed by atoms with E-state index >= 15 is 0 Å². The van der Waals surface area contributed by atoms with E-state index in [1.807, 2.05) is 43.0 Å². The lowest BCUT2D eigenvalue weighted by molar-refractivity contribution is 0.0975. The third-order valence-electron chi connectivity index (χ3n) is 7.21. The van der Waals surface area contributed by atoms with E-state index in [1.165, 1.54) is 0 Å². The average molecular weight is 520 g/mol. The smallest absolute Gasteiger partial charge is 0.317 e. The topological polar surface area (TPSA) is 122 Å². The van der Waals surface area contributed by atoms with E-state index in [-0.39, 0.29) is 23.4 Å². The number of anilines is 1. The van der Waals surface area contributed by atoms with Crippen LogP contribution >= 0.6 is 0 Å². The van der Waals surface area contributed by atoms with Crippen molar-refractivity contribution in [3.63, 3.8) is 0 Å². The molecule has 0 unspecified atom stereocenters. The molecule has 204 valence electrons. The number of carbonyl (C=O) groups is 2. The van der Waals surface area contributed by atoms with Crippen molar-refractivity contribution in [2.45, 2.75) is 72.9 Å². The van der Waals surface area contributed by atoms with Crippen LogP contribution in [0.4, 0.5) is 10.5 Å². The van der Waals surface area contributed by atoms with E-state index < -0.39 is 5.91 Å². The molecule has 1 aliphatic carbocycles. The first-order chi connectivity index (χ1) is 18.0. The Hall–Kier alpha value is -3.75. The summed E-state index contributed by atoms with van der Waals surface area (Å²) >= 11 is 0. The van der Waals surface area contributed by atoms with Crippen LogP contribution in [0.1, 0.15) is 73.5 Å². The van der Waals surface area contributed by atoms with E-state index in [4.69, 9.17) is 5.53 Å². The quantitative estimate of drug-likeness (QED) is 0.157. The molecule has 0 radical (unpaired) electrons. The molecule has 9 heteroatoms. The Morgan fingerprint density at radius 2 is 1.61 bits per heavy atom. The Bertz CT molecular complexity index is 1140. The van der Waals surface area contributed by atoms with Gasteiger partial charge in [-0.3, -0.25) is 10.1 Å². The Kier molecular flexibility index (Phi) is 9.61. The maximum Gasteiger partial charge on any atom is 0.322 e. The highest BCUT2D eigenvalue weighted by Gasteiger charge is 2.33. The van der Waals surface area contributed by atoms with Crippen LogP contribution < -0.4 is 16.1 Å². The third kappa shape index (κ3) is 7.87. The van der Waals surface area contributed by atoms with Crippen LogP contribution in [-0.4, -0.2) is 35.9 Å². The van der Waals surface area contributed by atoms with Crippen molar-refractivity contribution >= 4 is 23.6 Å². The number of urea groups is 1. The molecule has 0 heterocycles. The molecule has 2 aromatic carbocycles. The maximum atomic E-state index is 13.6. The number of aryl methyl sites for hydroxylation is 2.